The predicted molar refractivity (Wildman–Crippen MR) is 178 cm³/mol. The highest BCUT2D eigenvalue weighted by atomic mass is 33.1. The normalized spacial score (nSPS) is 29.5. The number of aromatic nitrogens is 1. The highest BCUT2D eigenvalue weighted by Crippen LogP contribution is 2.53. The Morgan fingerprint density at radius 2 is 1.91 bits per heavy atom. The molecule has 12 nitrogen and oxygen atoms in total. The minimum atomic E-state index is -2.09. The van der Waals surface area contributed by atoms with Crippen molar-refractivity contribution >= 4 is 67.3 Å². The third-order valence-corrected chi connectivity index (χ3v) is 12.6. The van der Waals surface area contributed by atoms with Crippen molar-refractivity contribution in [1.29, 1.82) is 0 Å². The van der Waals surface area contributed by atoms with Crippen LogP contribution in [0.15, 0.2) is 65.6 Å². The molecule has 0 radical (unpaired) electrons. The molecule has 15 heteroatoms. The SMILES string of the molecule is C/C1=C\C(OC(=O)CNC(=O)OCc2ccccc2)C(=O)/C=C/C=C\c2csc(n2)C(C)NC(=O)C[C@@]2(CC1)[S+]([O-])SC(=O)[C@]2(C)O. The van der Waals surface area contributed by atoms with Crippen LogP contribution in [0.4, 0.5) is 4.79 Å². The number of rotatable bonds is 5. The molecule has 1 saturated heterocycles. The Hall–Kier alpha value is -3.76. The molecule has 0 saturated carbocycles. The fourth-order valence-corrected chi connectivity index (χ4v) is 9.57. The van der Waals surface area contributed by atoms with Crippen LogP contribution < -0.4 is 10.6 Å². The first-order chi connectivity index (χ1) is 22.3. The number of nitrogens with zero attached hydrogens (tertiary/aromatic N) is 1. The van der Waals surface area contributed by atoms with Gasteiger partial charge in [-0.15, -0.1) is 11.3 Å². The number of carbonyl (C=O) groups is 5. The highest BCUT2D eigenvalue weighted by molar-refractivity contribution is 8.79. The van der Waals surface area contributed by atoms with E-state index in [1.807, 2.05) is 6.07 Å². The second-order valence-corrected chi connectivity index (χ2v) is 15.3. The number of benzene rings is 1. The monoisotopic (exact) mass is 701 g/mol. The van der Waals surface area contributed by atoms with Gasteiger partial charge in [-0.2, -0.15) is 0 Å². The molecule has 2 bridgehead atoms. The summed E-state index contributed by atoms with van der Waals surface area (Å²) in [5.41, 5.74) is -0.246. The number of hydrogen-bond donors (Lipinski definition) is 3. The number of aliphatic hydroxyl groups is 1. The predicted octanol–water partition coefficient (Wildman–Crippen LogP) is 3.85. The number of carbonyl (C=O) groups excluding carboxylic acids is 5. The topological polar surface area (TPSA) is 184 Å². The third-order valence-electron chi connectivity index (χ3n) is 7.62. The standard InChI is InChI=1S/C32H35N3O9S3/c1-20-13-14-32(31(3,41)29(39)46-47(32)42)16-26(37)34-21(2)28-35-23(19-45-28)11-7-8-12-24(36)25(15-20)44-27(38)17-33-30(40)43-18-22-9-5-4-6-10-22/h4-12,15,19,21,25,41H,13-14,16-18H2,1-3H3,(H,33,40)(H,34,37)/b11-7-,12-8+,20-15+/t21?,25?,31-,32+,47?/m0/s1. The average molecular weight is 702 g/mol. The molecule has 3 N–H and O–H groups in total. The number of esters is 1. The number of hydrogen-bond acceptors (Lipinski definition) is 12. The van der Waals surface area contributed by atoms with Gasteiger partial charge in [0, 0.05) is 22.0 Å². The summed E-state index contributed by atoms with van der Waals surface area (Å²) in [4.78, 5) is 68.4. The van der Waals surface area contributed by atoms with Crippen molar-refractivity contribution in [1.82, 2.24) is 15.6 Å². The summed E-state index contributed by atoms with van der Waals surface area (Å²) >= 11 is 1.31. The van der Waals surface area contributed by atoms with Crippen LogP contribution in [0.1, 0.15) is 62.3 Å². The van der Waals surface area contributed by atoms with Crippen LogP contribution in [0.25, 0.3) is 6.08 Å². The molecule has 3 unspecified atom stereocenters. The molecule has 2 aromatic rings. The summed E-state index contributed by atoms with van der Waals surface area (Å²) in [5.74, 6) is -2.01. The zero-order valence-electron chi connectivity index (χ0n) is 25.9. The fourth-order valence-electron chi connectivity index (χ4n) is 4.83. The number of ether oxygens (including phenoxy) is 2. The van der Waals surface area contributed by atoms with Crippen molar-refractivity contribution in [3.05, 3.63) is 81.9 Å². The molecule has 4 rings (SSSR count). The van der Waals surface area contributed by atoms with E-state index in [1.54, 1.807) is 55.6 Å². The first kappa shape index (κ1) is 36.1. The molecule has 2 aliphatic rings. The summed E-state index contributed by atoms with van der Waals surface area (Å²) in [6, 6.07) is 8.47. The lowest BCUT2D eigenvalue weighted by Crippen LogP contribution is -2.56. The second kappa shape index (κ2) is 15.9. The van der Waals surface area contributed by atoms with E-state index in [0.717, 1.165) is 5.56 Å². The van der Waals surface area contributed by atoms with E-state index in [2.05, 4.69) is 15.6 Å². The van der Waals surface area contributed by atoms with Gasteiger partial charge in [0.1, 0.15) is 18.2 Å². The summed E-state index contributed by atoms with van der Waals surface area (Å²) in [6.45, 7) is 4.07. The first-order valence-electron chi connectivity index (χ1n) is 14.6. The van der Waals surface area contributed by atoms with Gasteiger partial charge in [-0.3, -0.25) is 19.2 Å². The lowest BCUT2D eigenvalue weighted by Gasteiger charge is -2.35. The number of fused-ring (bicyclic) bond motifs is 2. The van der Waals surface area contributed by atoms with E-state index in [-0.39, 0.29) is 19.4 Å². The van der Waals surface area contributed by atoms with Gasteiger partial charge < -0.3 is 29.8 Å². The van der Waals surface area contributed by atoms with E-state index < -0.39 is 74.5 Å². The van der Waals surface area contributed by atoms with Crippen molar-refractivity contribution in [2.45, 2.75) is 69.1 Å². The van der Waals surface area contributed by atoms with Crippen molar-refractivity contribution in [3.63, 3.8) is 0 Å². The van der Waals surface area contributed by atoms with E-state index >= 15 is 0 Å². The Morgan fingerprint density at radius 3 is 2.62 bits per heavy atom. The van der Waals surface area contributed by atoms with Crippen LogP contribution in [-0.2, 0) is 45.5 Å². The van der Waals surface area contributed by atoms with E-state index in [0.29, 0.717) is 27.1 Å². The Bertz CT molecular complexity index is 1590. The molecule has 1 aromatic heterocycles. The number of amides is 2. The lowest BCUT2D eigenvalue weighted by atomic mass is 9.81. The third kappa shape index (κ3) is 9.20. The van der Waals surface area contributed by atoms with Crippen LogP contribution in [0.2, 0.25) is 0 Å². The maximum atomic E-state index is 13.4. The molecular formula is C32H35N3O9S3. The van der Waals surface area contributed by atoms with Crippen molar-refractivity contribution in [3.8, 4) is 0 Å². The summed E-state index contributed by atoms with van der Waals surface area (Å²) in [7, 11) is -1.48. The summed E-state index contributed by atoms with van der Waals surface area (Å²) in [5, 5.41) is 18.1. The number of ketones is 1. The molecule has 0 aliphatic carbocycles. The quantitative estimate of drug-likeness (QED) is 0.178. The van der Waals surface area contributed by atoms with Gasteiger partial charge in [-0.05, 0) is 51.0 Å². The minimum Gasteiger partial charge on any atom is -0.604 e. The Kier molecular flexibility index (Phi) is 12.2. The maximum Gasteiger partial charge on any atom is 0.407 e. The molecule has 2 aliphatic heterocycles. The molecule has 1 fully saturated rings. The van der Waals surface area contributed by atoms with Gasteiger partial charge in [0.2, 0.25) is 5.91 Å². The van der Waals surface area contributed by atoms with E-state index in [1.165, 1.54) is 36.5 Å². The highest BCUT2D eigenvalue weighted by Gasteiger charge is 2.69. The van der Waals surface area contributed by atoms with Gasteiger partial charge in [-0.1, -0.05) is 48.1 Å². The van der Waals surface area contributed by atoms with Crippen LogP contribution in [0.3, 0.4) is 0 Å². The molecule has 3 heterocycles. The van der Waals surface area contributed by atoms with Gasteiger partial charge in [0.05, 0.1) is 18.2 Å². The van der Waals surface area contributed by atoms with E-state index in [9.17, 15) is 33.6 Å². The lowest BCUT2D eigenvalue weighted by molar-refractivity contribution is -0.150. The second-order valence-electron chi connectivity index (χ2n) is 11.2. The molecule has 47 heavy (non-hydrogen) atoms. The van der Waals surface area contributed by atoms with E-state index in [4.69, 9.17) is 9.47 Å². The number of nitrogens with one attached hydrogen (secondary N) is 2. The van der Waals surface area contributed by atoms with Crippen molar-refractivity contribution < 1.29 is 43.1 Å². The fraction of sp³-hybridized carbons (Fsp3) is 0.375. The molecule has 2 amide bonds. The number of allylic oxidation sites excluding steroid dienone is 3. The Labute approximate surface area is 282 Å². The molecule has 5 atom stereocenters. The zero-order chi connectivity index (χ0) is 34.2. The average Bonchev–Trinajstić information content (AvgIpc) is 3.57. The summed E-state index contributed by atoms with van der Waals surface area (Å²) < 4.78 is 22.2. The summed E-state index contributed by atoms with van der Waals surface area (Å²) in [6.07, 6.45) is 4.73. The van der Waals surface area contributed by atoms with Crippen LogP contribution >= 0.6 is 22.1 Å². The van der Waals surface area contributed by atoms with Gasteiger partial charge in [0.15, 0.2) is 33.0 Å². The van der Waals surface area contributed by atoms with Crippen molar-refractivity contribution in [2.24, 2.45) is 0 Å². The zero-order valence-corrected chi connectivity index (χ0v) is 28.4. The van der Waals surface area contributed by atoms with Crippen molar-refractivity contribution in [2.75, 3.05) is 6.54 Å². The minimum absolute atomic E-state index is 0.00472. The van der Waals surface area contributed by atoms with Crippen LogP contribution in [0.5, 0.6) is 0 Å². The van der Waals surface area contributed by atoms with Gasteiger partial charge >= 0.3 is 12.1 Å². The van der Waals surface area contributed by atoms with Gasteiger partial charge in [0.25, 0.3) is 5.12 Å². The number of alkyl carbamates (subject to hydrolysis) is 1. The van der Waals surface area contributed by atoms with Crippen LogP contribution in [0, 0.1) is 0 Å². The van der Waals surface area contributed by atoms with Crippen LogP contribution in [-0.4, -0.2) is 66.5 Å². The molecule has 1 aromatic carbocycles. The number of thiazole rings is 1. The Morgan fingerprint density at radius 1 is 1.19 bits per heavy atom. The first-order valence-corrected chi connectivity index (χ1v) is 18.0. The maximum absolute atomic E-state index is 13.4. The smallest absolute Gasteiger partial charge is 0.407 e. The Balaban J connectivity index is 1.55. The molecular weight excluding hydrogens is 667 g/mol. The van der Waals surface area contributed by atoms with Gasteiger partial charge in [-0.25, -0.2) is 9.78 Å². The molecule has 250 valence electrons. The molecule has 1 spiro atoms. The largest absolute Gasteiger partial charge is 0.604 e.